The number of halogens is 4. The van der Waals surface area contributed by atoms with Crippen LogP contribution in [0.5, 0.6) is 0 Å². The third-order valence-corrected chi connectivity index (χ3v) is 3.57. The van der Waals surface area contributed by atoms with Crippen LogP contribution in [0.25, 0.3) is 0 Å². The number of benzene rings is 1. The lowest BCUT2D eigenvalue weighted by Crippen LogP contribution is -2.17. The van der Waals surface area contributed by atoms with Crippen molar-refractivity contribution < 1.29 is 26.6 Å². The zero-order chi connectivity index (χ0) is 15.6. The van der Waals surface area contributed by atoms with Gasteiger partial charge in [0.15, 0.2) is 10.8 Å². The van der Waals surface area contributed by atoms with Gasteiger partial charge in [-0.1, -0.05) is 12.1 Å². The van der Waals surface area contributed by atoms with Crippen LogP contribution in [0.2, 0.25) is 0 Å². The van der Waals surface area contributed by atoms with Gasteiger partial charge in [0.1, 0.15) is 12.7 Å². The van der Waals surface area contributed by atoms with Crippen LogP contribution in [-0.2, 0) is 10.8 Å². The molecule has 0 fully saturated rings. The molecule has 1 aromatic heterocycles. The van der Waals surface area contributed by atoms with Crippen LogP contribution in [0.4, 0.5) is 17.6 Å². The van der Waals surface area contributed by atoms with Gasteiger partial charge < -0.3 is 0 Å². The normalized spacial score (nSPS) is 14.7. The molecule has 1 aromatic carbocycles. The molecule has 0 bridgehead atoms. The fourth-order valence-electron chi connectivity index (χ4n) is 1.47. The summed E-state index contributed by atoms with van der Waals surface area (Å²) in [6, 6.07) is 3.69. The van der Waals surface area contributed by atoms with Crippen molar-refractivity contribution in [1.29, 1.82) is 0 Å². The van der Waals surface area contributed by atoms with Crippen LogP contribution >= 0.6 is 0 Å². The molecule has 0 aliphatic heterocycles. The minimum absolute atomic E-state index is 0.166. The molecular formula is C11H7F4N3O2S. The largest absolute Gasteiger partial charge is 0.475 e. The van der Waals surface area contributed by atoms with Crippen molar-refractivity contribution in [3.8, 4) is 0 Å². The number of hydrogen-bond acceptors (Lipinski definition) is 4. The first-order valence-electron chi connectivity index (χ1n) is 5.42. The maximum Gasteiger partial charge on any atom is 0.475 e. The van der Waals surface area contributed by atoms with Crippen LogP contribution in [0.1, 0.15) is 16.7 Å². The second kappa shape index (κ2) is 5.72. The monoisotopic (exact) mass is 321 g/mol. The Hall–Kier alpha value is -2.10. The van der Waals surface area contributed by atoms with Gasteiger partial charge in [-0.2, -0.15) is 18.3 Å². The highest BCUT2D eigenvalue weighted by Gasteiger charge is 2.38. The maximum atomic E-state index is 13.8. The number of ketones is 1. The second-order valence-corrected chi connectivity index (χ2v) is 5.29. The van der Waals surface area contributed by atoms with Crippen molar-refractivity contribution in [2.75, 3.05) is 0 Å². The van der Waals surface area contributed by atoms with Gasteiger partial charge in [0, 0.05) is 10.5 Å². The summed E-state index contributed by atoms with van der Waals surface area (Å²) in [6.45, 7) is 0. The van der Waals surface area contributed by atoms with E-state index in [1.807, 2.05) is 0 Å². The Labute approximate surface area is 118 Å². The van der Waals surface area contributed by atoms with E-state index < -0.39 is 33.3 Å². The highest BCUT2D eigenvalue weighted by Crippen LogP contribution is 2.26. The zero-order valence-electron chi connectivity index (χ0n) is 10.1. The number of carbonyl (C=O) groups excluding carboxylic acids is 1. The van der Waals surface area contributed by atoms with E-state index in [4.69, 9.17) is 0 Å². The van der Waals surface area contributed by atoms with Crippen molar-refractivity contribution in [2.24, 2.45) is 0 Å². The Morgan fingerprint density at radius 1 is 1.24 bits per heavy atom. The van der Waals surface area contributed by atoms with Gasteiger partial charge in [0.2, 0.25) is 5.78 Å². The van der Waals surface area contributed by atoms with Crippen LogP contribution in [0.15, 0.2) is 41.8 Å². The summed E-state index contributed by atoms with van der Waals surface area (Å²) in [7, 11) is -3.20. The zero-order valence-corrected chi connectivity index (χ0v) is 10.9. The van der Waals surface area contributed by atoms with Crippen molar-refractivity contribution in [3.63, 3.8) is 0 Å². The molecule has 0 aliphatic carbocycles. The predicted octanol–water partition coefficient (Wildman–Crippen LogP) is 2.26. The fraction of sp³-hybridized carbons (Fsp3) is 0.182. The van der Waals surface area contributed by atoms with Crippen molar-refractivity contribution >= 4 is 16.6 Å². The molecule has 0 aliphatic rings. The molecule has 2 unspecified atom stereocenters. The minimum atomic E-state index is -4.89. The van der Waals surface area contributed by atoms with Gasteiger partial charge in [-0.15, -0.1) is 0 Å². The summed E-state index contributed by atoms with van der Waals surface area (Å²) < 4.78 is 62.3. The van der Waals surface area contributed by atoms with Crippen molar-refractivity contribution in [1.82, 2.24) is 14.8 Å². The van der Waals surface area contributed by atoms with Gasteiger partial charge in [-0.05, 0) is 12.1 Å². The molecular weight excluding hydrogens is 314 g/mol. The van der Waals surface area contributed by atoms with E-state index in [0.717, 1.165) is 36.9 Å². The molecule has 10 heteroatoms. The van der Waals surface area contributed by atoms with E-state index in [2.05, 4.69) is 10.1 Å². The highest BCUT2D eigenvalue weighted by molar-refractivity contribution is 7.86. The fourth-order valence-corrected chi connectivity index (χ4v) is 2.12. The first-order chi connectivity index (χ1) is 9.80. The molecule has 2 rings (SSSR count). The topological polar surface area (TPSA) is 64.8 Å². The first-order valence-corrected chi connectivity index (χ1v) is 6.57. The average molecular weight is 321 g/mol. The van der Waals surface area contributed by atoms with E-state index in [1.54, 1.807) is 0 Å². The van der Waals surface area contributed by atoms with Crippen LogP contribution in [-0.4, -0.2) is 30.3 Å². The van der Waals surface area contributed by atoms with Crippen LogP contribution in [0.3, 0.4) is 0 Å². The summed E-state index contributed by atoms with van der Waals surface area (Å²) in [5.41, 5.74) is -5.06. The van der Waals surface area contributed by atoms with Gasteiger partial charge in [0.05, 0.1) is 0 Å². The van der Waals surface area contributed by atoms with Gasteiger partial charge in [-0.3, -0.25) is 4.79 Å². The van der Waals surface area contributed by atoms with E-state index in [0.29, 0.717) is 4.68 Å². The molecule has 21 heavy (non-hydrogen) atoms. The summed E-state index contributed by atoms with van der Waals surface area (Å²) in [5, 5.41) is 3.45. The number of Topliss-reactive ketones (excluding diaryl/α,β-unsaturated/α-hetero) is 1. The van der Waals surface area contributed by atoms with Crippen molar-refractivity contribution in [3.05, 3.63) is 42.5 Å². The lowest BCUT2D eigenvalue weighted by molar-refractivity contribution is -0.0384. The standard InChI is InChI=1S/C11H7F4N3O2S/c12-10(18-6-16-5-17-18)9(19)7-1-3-8(4-2-7)21(20)11(13,14)15/h1-6,10H. The molecule has 0 saturated carbocycles. The van der Waals surface area contributed by atoms with E-state index in [-0.39, 0.29) is 5.56 Å². The van der Waals surface area contributed by atoms with E-state index in [1.165, 1.54) is 0 Å². The molecule has 0 N–H and O–H groups in total. The van der Waals surface area contributed by atoms with E-state index in [9.17, 15) is 26.6 Å². The SMILES string of the molecule is O=C(c1ccc(S(=O)C(F)(F)F)cc1)C(F)n1cncn1. The lowest BCUT2D eigenvalue weighted by Gasteiger charge is -2.09. The van der Waals surface area contributed by atoms with Crippen molar-refractivity contribution in [2.45, 2.75) is 16.7 Å². The Bertz CT molecular complexity index is 655. The van der Waals surface area contributed by atoms with E-state index >= 15 is 0 Å². The number of alkyl halides is 4. The maximum absolute atomic E-state index is 13.8. The molecule has 0 spiro atoms. The smallest absolute Gasteiger partial charge is 0.289 e. The molecule has 112 valence electrons. The minimum Gasteiger partial charge on any atom is -0.289 e. The molecule has 2 atom stereocenters. The van der Waals surface area contributed by atoms with Crippen LogP contribution in [0, 0.1) is 0 Å². The number of hydrogen-bond donors (Lipinski definition) is 0. The molecule has 0 saturated heterocycles. The summed E-state index contributed by atoms with van der Waals surface area (Å²) >= 11 is 0. The quantitative estimate of drug-likeness (QED) is 0.640. The number of rotatable bonds is 4. The molecule has 0 amide bonds. The molecule has 1 heterocycles. The molecule has 5 nitrogen and oxygen atoms in total. The highest BCUT2D eigenvalue weighted by atomic mass is 32.2. The summed E-state index contributed by atoms with van der Waals surface area (Å²) in [6.07, 6.45) is -0.100. The van der Waals surface area contributed by atoms with Gasteiger partial charge in [0.25, 0.3) is 6.30 Å². The summed E-state index contributed by atoms with van der Waals surface area (Å²) in [4.78, 5) is 14.7. The predicted molar refractivity (Wildman–Crippen MR) is 63.4 cm³/mol. The first kappa shape index (κ1) is 15.3. The Balaban J connectivity index is 2.19. The number of aromatic nitrogens is 3. The van der Waals surface area contributed by atoms with Gasteiger partial charge in [-0.25, -0.2) is 18.3 Å². The number of nitrogens with zero attached hydrogens (tertiary/aromatic N) is 3. The lowest BCUT2D eigenvalue weighted by atomic mass is 10.1. The Morgan fingerprint density at radius 2 is 1.86 bits per heavy atom. The second-order valence-electron chi connectivity index (χ2n) is 3.81. The van der Waals surface area contributed by atoms with Crippen LogP contribution < -0.4 is 0 Å². The summed E-state index contributed by atoms with van der Waals surface area (Å²) in [5.74, 6) is -0.996. The average Bonchev–Trinajstić information content (AvgIpc) is 2.98. The number of carbonyl (C=O) groups is 1. The Kier molecular flexibility index (Phi) is 4.16. The Morgan fingerprint density at radius 3 is 2.33 bits per heavy atom. The molecule has 0 radical (unpaired) electrons. The third kappa shape index (κ3) is 3.32. The van der Waals surface area contributed by atoms with Gasteiger partial charge >= 0.3 is 5.51 Å². The molecule has 2 aromatic rings. The third-order valence-electron chi connectivity index (χ3n) is 2.45.